The van der Waals surface area contributed by atoms with Gasteiger partial charge in [-0.05, 0) is 24.8 Å². The van der Waals surface area contributed by atoms with Gasteiger partial charge in [-0.1, -0.05) is 62.9 Å². The van der Waals surface area contributed by atoms with Gasteiger partial charge >= 0.3 is 0 Å². The smallest absolute Gasteiger partial charge is 0.227 e. The molecule has 1 atom stereocenters. The summed E-state index contributed by atoms with van der Waals surface area (Å²) in [6, 6.07) is 10.4. The number of rotatable bonds is 6. The van der Waals surface area contributed by atoms with Gasteiger partial charge in [0.15, 0.2) is 0 Å². The minimum Gasteiger partial charge on any atom is -0.349 e. The van der Waals surface area contributed by atoms with E-state index < -0.39 is 0 Å². The van der Waals surface area contributed by atoms with Crippen molar-refractivity contribution in [3.8, 4) is 0 Å². The van der Waals surface area contributed by atoms with Gasteiger partial charge in [0, 0.05) is 6.54 Å². The summed E-state index contributed by atoms with van der Waals surface area (Å²) >= 11 is 0. The molecule has 1 aliphatic carbocycles. The van der Waals surface area contributed by atoms with Crippen LogP contribution in [0.3, 0.4) is 0 Å². The summed E-state index contributed by atoms with van der Waals surface area (Å²) in [5, 5.41) is 3.28. The molecule has 0 bridgehead atoms. The fourth-order valence-electron chi connectivity index (χ4n) is 3.36. The van der Waals surface area contributed by atoms with Crippen LogP contribution in [-0.2, 0) is 4.79 Å². The van der Waals surface area contributed by atoms with Gasteiger partial charge in [0.25, 0.3) is 0 Å². The molecule has 1 aromatic carbocycles. The molecule has 1 unspecified atom stereocenters. The highest BCUT2D eigenvalue weighted by Gasteiger charge is 2.38. The predicted molar refractivity (Wildman–Crippen MR) is 86.8 cm³/mol. The molecule has 0 aromatic heterocycles. The Labute approximate surface area is 128 Å². The lowest BCUT2D eigenvalue weighted by Gasteiger charge is -2.36. The quantitative estimate of drug-likeness (QED) is 0.841. The molecule has 116 valence electrons. The van der Waals surface area contributed by atoms with E-state index in [4.69, 9.17) is 5.73 Å². The number of carbonyl (C=O) groups is 1. The zero-order chi connectivity index (χ0) is 15.1. The molecular weight excluding hydrogens is 260 g/mol. The van der Waals surface area contributed by atoms with Crippen molar-refractivity contribution in [1.82, 2.24) is 5.32 Å². The van der Waals surface area contributed by atoms with Crippen LogP contribution < -0.4 is 11.1 Å². The molecule has 1 amide bonds. The molecule has 3 nitrogen and oxygen atoms in total. The molecule has 0 radical (unpaired) electrons. The third-order valence-corrected chi connectivity index (χ3v) is 4.77. The van der Waals surface area contributed by atoms with Crippen LogP contribution in [-0.4, -0.2) is 12.5 Å². The first-order valence-electron chi connectivity index (χ1n) is 8.28. The van der Waals surface area contributed by atoms with Gasteiger partial charge < -0.3 is 11.1 Å². The summed E-state index contributed by atoms with van der Waals surface area (Å²) in [6.07, 6.45) is 7.35. The number of nitrogens with two attached hydrogens (primary N) is 1. The second-order valence-electron chi connectivity index (χ2n) is 6.27. The maximum absolute atomic E-state index is 12.8. The Morgan fingerprint density at radius 1 is 1.24 bits per heavy atom. The zero-order valence-corrected chi connectivity index (χ0v) is 13.1. The Hall–Kier alpha value is -1.35. The maximum Gasteiger partial charge on any atom is 0.227 e. The maximum atomic E-state index is 12.8. The van der Waals surface area contributed by atoms with E-state index in [1.54, 1.807) is 0 Å². The zero-order valence-electron chi connectivity index (χ0n) is 13.1. The molecule has 1 fully saturated rings. The normalized spacial score (nSPS) is 19.0. The van der Waals surface area contributed by atoms with Crippen molar-refractivity contribution in [2.45, 2.75) is 57.9 Å². The lowest BCUT2D eigenvalue weighted by Crippen LogP contribution is -2.48. The monoisotopic (exact) mass is 288 g/mol. The molecule has 0 saturated heterocycles. The first-order chi connectivity index (χ1) is 10.2. The largest absolute Gasteiger partial charge is 0.349 e. The lowest BCUT2D eigenvalue weighted by molar-refractivity contribution is -0.133. The van der Waals surface area contributed by atoms with Crippen LogP contribution in [0.5, 0.6) is 0 Å². The van der Waals surface area contributed by atoms with Gasteiger partial charge in [0.2, 0.25) is 5.91 Å². The van der Waals surface area contributed by atoms with Crippen molar-refractivity contribution in [2.24, 2.45) is 11.1 Å². The van der Waals surface area contributed by atoms with Crippen molar-refractivity contribution in [3.63, 3.8) is 0 Å². The topological polar surface area (TPSA) is 55.1 Å². The van der Waals surface area contributed by atoms with E-state index in [2.05, 4.69) is 24.4 Å². The minimum absolute atomic E-state index is 0.106. The molecule has 0 aliphatic heterocycles. The Balaban J connectivity index is 2.10. The van der Waals surface area contributed by atoms with Crippen LogP contribution in [0.15, 0.2) is 30.3 Å². The average molecular weight is 288 g/mol. The van der Waals surface area contributed by atoms with Crippen molar-refractivity contribution in [1.29, 1.82) is 0 Å². The summed E-state index contributed by atoms with van der Waals surface area (Å²) in [5.74, 6) is 0.159. The highest BCUT2D eigenvalue weighted by molar-refractivity contribution is 5.83. The number of nitrogens with one attached hydrogen (secondary N) is 1. The van der Waals surface area contributed by atoms with E-state index in [1.165, 1.54) is 12.0 Å². The summed E-state index contributed by atoms with van der Waals surface area (Å²) in [7, 11) is 0. The van der Waals surface area contributed by atoms with Gasteiger partial charge in [0.1, 0.15) is 0 Å². The highest BCUT2D eigenvalue weighted by atomic mass is 16.2. The SMILES string of the molecule is CCCC(NC(=O)C1(CN)CCCCC1)c1ccccc1. The summed E-state index contributed by atoms with van der Waals surface area (Å²) in [4.78, 5) is 12.8. The number of hydrogen-bond donors (Lipinski definition) is 2. The fourth-order valence-corrected chi connectivity index (χ4v) is 3.36. The highest BCUT2D eigenvalue weighted by Crippen LogP contribution is 2.36. The molecule has 3 heteroatoms. The summed E-state index contributed by atoms with van der Waals surface area (Å²) in [6.45, 7) is 2.62. The Kier molecular flexibility index (Phi) is 5.80. The predicted octanol–water partition coefficient (Wildman–Crippen LogP) is 3.55. The molecule has 21 heavy (non-hydrogen) atoms. The molecular formula is C18H28N2O. The Bertz CT molecular complexity index is 438. The Morgan fingerprint density at radius 2 is 1.90 bits per heavy atom. The van der Waals surface area contributed by atoms with Crippen LogP contribution in [0, 0.1) is 5.41 Å². The first kappa shape index (κ1) is 16.0. The number of amides is 1. The lowest BCUT2D eigenvalue weighted by atomic mass is 9.73. The average Bonchev–Trinajstić information content (AvgIpc) is 2.55. The Morgan fingerprint density at radius 3 is 2.48 bits per heavy atom. The van der Waals surface area contributed by atoms with Gasteiger partial charge in [-0.2, -0.15) is 0 Å². The minimum atomic E-state index is -0.334. The van der Waals surface area contributed by atoms with Gasteiger partial charge in [-0.25, -0.2) is 0 Å². The van der Waals surface area contributed by atoms with E-state index in [0.29, 0.717) is 6.54 Å². The van der Waals surface area contributed by atoms with Crippen LogP contribution >= 0.6 is 0 Å². The van der Waals surface area contributed by atoms with Crippen LogP contribution in [0.25, 0.3) is 0 Å². The molecule has 2 rings (SSSR count). The molecule has 1 aromatic rings. The summed E-state index contributed by atoms with van der Waals surface area (Å²) < 4.78 is 0. The first-order valence-corrected chi connectivity index (χ1v) is 8.28. The second kappa shape index (κ2) is 7.60. The number of carbonyl (C=O) groups excluding carboxylic acids is 1. The van der Waals surface area contributed by atoms with Crippen molar-refractivity contribution in [2.75, 3.05) is 6.54 Å². The van der Waals surface area contributed by atoms with Crippen LogP contribution in [0.2, 0.25) is 0 Å². The van der Waals surface area contributed by atoms with Crippen molar-refractivity contribution < 1.29 is 4.79 Å². The fraction of sp³-hybridized carbons (Fsp3) is 0.611. The third-order valence-electron chi connectivity index (χ3n) is 4.77. The molecule has 3 N–H and O–H groups in total. The second-order valence-corrected chi connectivity index (χ2v) is 6.27. The van der Waals surface area contributed by atoms with Crippen LogP contribution in [0.1, 0.15) is 63.5 Å². The number of hydrogen-bond acceptors (Lipinski definition) is 2. The van der Waals surface area contributed by atoms with Gasteiger partial charge in [0.05, 0.1) is 11.5 Å². The van der Waals surface area contributed by atoms with E-state index in [1.807, 2.05) is 18.2 Å². The summed E-state index contributed by atoms with van der Waals surface area (Å²) in [5.41, 5.74) is 6.82. The van der Waals surface area contributed by atoms with Crippen molar-refractivity contribution in [3.05, 3.63) is 35.9 Å². The molecule has 1 aliphatic rings. The standard InChI is InChI=1S/C18H28N2O/c1-2-9-16(15-10-5-3-6-11-15)20-17(21)18(14-19)12-7-4-8-13-18/h3,5-6,10-11,16H,2,4,7-9,12-14,19H2,1H3,(H,20,21). The van der Waals surface area contributed by atoms with Gasteiger partial charge in [-0.15, -0.1) is 0 Å². The van der Waals surface area contributed by atoms with E-state index in [9.17, 15) is 4.79 Å². The van der Waals surface area contributed by atoms with Crippen LogP contribution in [0.4, 0.5) is 0 Å². The van der Waals surface area contributed by atoms with Crippen molar-refractivity contribution >= 4 is 5.91 Å². The van der Waals surface area contributed by atoms with E-state index in [-0.39, 0.29) is 17.4 Å². The molecule has 0 spiro atoms. The van der Waals surface area contributed by atoms with Gasteiger partial charge in [-0.3, -0.25) is 4.79 Å². The molecule has 0 heterocycles. The third kappa shape index (κ3) is 3.85. The van der Waals surface area contributed by atoms with E-state index in [0.717, 1.165) is 38.5 Å². The van der Waals surface area contributed by atoms with E-state index >= 15 is 0 Å². The molecule has 1 saturated carbocycles. The number of benzene rings is 1.